The number of hydrogen-bond acceptors (Lipinski definition) is 3. The summed E-state index contributed by atoms with van der Waals surface area (Å²) in [5.41, 5.74) is 5.83. The first-order chi connectivity index (χ1) is 8.22. The van der Waals surface area contributed by atoms with Crippen molar-refractivity contribution in [2.75, 3.05) is 26.2 Å². The van der Waals surface area contributed by atoms with Crippen LogP contribution in [0.5, 0.6) is 0 Å². The van der Waals surface area contributed by atoms with E-state index >= 15 is 0 Å². The van der Waals surface area contributed by atoms with Crippen molar-refractivity contribution in [1.82, 2.24) is 10.2 Å². The third kappa shape index (κ3) is 6.64. The number of carbonyl (C=O) groups is 1. The molecule has 100 valence electrons. The lowest BCUT2D eigenvalue weighted by molar-refractivity contribution is -0.121. The third-order valence-corrected chi connectivity index (χ3v) is 3.31. The van der Waals surface area contributed by atoms with Crippen molar-refractivity contribution in [2.45, 2.75) is 51.5 Å². The highest BCUT2D eigenvalue weighted by Crippen LogP contribution is 2.07. The second-order valence-corrected chi connectivity index (χ2v) is 5.01. The van der Waals surface area contributed by atoms with E-state index in [9.17, 15) is 4.79 Å². The van der Waals surface area contributed by atoms with Crippen molar-refractivity contribution < 1.29 is 4.79 Å². The molecule has 0 radical (unpaired) electrons. The number of rotatable bonds is 7. The minimum Gasteiger partial charge on any atom is -0.355 e. The maximum Gasteiger partial charge on any atom is 0.221 e. The molecule has 0 bridgehead atoms. The number of nitrogens with one attached hydrogen (secondary N) is 1. The van der Waals surface area contributed by atoms with E-state index in [1.165, 1.54) is 32.4 Å². The molecule has 1 fully saturated rings. The molecular formula is C13H27N3O. The van der Waals surface area contributed by atoms with Gasteiger partial charge in [-0.1, -0.05) is 19.8 Å². The lowest BCUT2D eigenvalue weighted by Crippen LogP contribution is -2.39. The lowest BCUT2D eigenvalue weighted by atomic mass is 10.1. The number of amides is 1. The summed E-state index contributed by atoms with van der Waals surface area (Å²) < 4.78 is 0. The largest absolute Gasteiger partial charge is 0.355 e. The topological polar surface area (TPSA) is 58.4 Å². The van der Waals surface area contributed by atoms with Crippen LogP contribution in [-0.2, 0) is 4.79 Å². The van der Waals surface area contributed by atoms with E-state index in [2.05, 4.69) is 17.1 Å². The van der Waals surface area contributed by atoms with E-state index in [1.54, 1.807) is 0 Å². The summed E-state index contributed by atoms with van der Waals surface area (Å²) in [7, 11) is 0. The number of piperidine rings is 1. The van der Waals surface area contributed by atoms with Gasteiger partial charge in [0.25, 0.3) is 0 Å². The number of likely N-dealkylation sites (tertiary alicyclic amines) is 1. The molecule has 3 N–H and O–H groups in total. The fraction of sp³-hybridized carbons (Fsp3) is 0.923. The molecule has 0 aromatic carbocycles. The monoisotopic (exact) mass is 241 g/mol. The second kappa shape index (κ2) is 8.48. The van der Waals surface area contributed by atoms with Crippen molar-refractivity contribution in [1.29, 1.82) is 0 Å². The van der Waals surface area contributed by atoms with Gasteiger partial charge in [-0.25, -0.2) is 0 Å². The Hall–Kier alpha value is -0.610. The zero-order chi connectivity index (χ0) is 12.5. The van der Waals surface area contributed by atoms with Gasteiger partial charge in [-0.05, 0) is 32.4 Å². The summed E-state index contributed by atoms with van der Waals surface area (Å²) in [5, 5.41) is 2.96. The van der Waals surface area contributed by atoms with Gasteiger partial charge in [0.05, 0.1) is 0 Å². The van der Waals surface area contributed by atoms with E-state index in [-0.39, 0.29) is 11.9 Å². The molecule has 1 aliphatic rings. The first-order valence-corrected chi connectivity index (χ1v) is 6.97. The van der Waals surface area contributed by atoms with Crippen LogP contribution in [0.2, 0.25) is 0 Å². The van der Waals surface area contributed by atoms with Crippen LogP contribution >= 0.6 is 0 Å². The molecule has 1 saturated heterocycles. The molecule has 0 aromatic rings. The minimum atomic E-state index is 0.0231. The molecule has 1 unspecified atom stereocenters. The van der Waals surface area contributed by atoms with Gasteiger partial charge >= 0.3 is 0 Å². The summed E-state index contributed by atoms with van der Waals surface area (Å²) in [6.45, 7) is 6.21. The van der Waals surface area contributed by atoms with Gasteiger partial charge in [0.15, 0.2) is 0 Å². The minimum absolute atomic E-state index is 0.0231. The highest BCUT2D eigenvalue weighted by molar-refractivity contribution is 5.76. The van der Waals surface area contributed by atoms with Crippen molar-refractivity contribution >= 4 is 5.91 Å². The molecule has 0 aliphatic carbocycles. The molecule has 1 heterocycles. The third-order valence-electron chi connectivity index (χ3n) is 3.31. The van der Waals surface area contributed by atoms with Gasteiger partial charge in [-0.3, -0.25) is 4.79 Å². The van der Waals surface area contributed by atoms with Gasteiger partial charge in [0.2, 0.25) is 5.91 Å². The van der Waals surface area contributed by atoms with Crippen molar-refractivity contribution in [3.05, 3.63) is 0 Å². The zero-order valence-electron chi connectivity index (χ0n) is 11.1. The Morgan fingerprint density at radius 3 is 2.71 bits per heavy atom. The Morgan fingerprint density at radius 1 is 1.35 bits per heavy atom. The smallest absolute Gasteiger partial charge is 0.221 e. The van der Waals surface area contributed by atoms with E-state index in [1.807, 2.05) is 0 Å². The highest BCUT2D eigenvalue weighted by atomic mass is 16.1. The van der Waals surface area contributed by atoms with Crippen molar-refractivity contribution in [3.63, 3.8) is 0 Å². The second-order valence-electron chi connectivity index (χ2n) is 5.01. The average Bonchev–Trinajstić information content (AvgIpc) is 2.30. The van der Waals surface area contributed by atoms with Crippen LogP contribution in [0, 0.1) is 0 Å². The van der Waals surface area contributed by atoms with Gasteiger partial charge in [-0.15, -0.1) is 0 Å². The molecule has 4 nitrogen and oxygen atoms in total. The highest BCUT2D eigenvalue weighted by Gasteiger charge is 2.11. The summed E-state index contributed by atoms with van der Waals surface area (Å²) in [6, 6.07) is 0.0231. The molecule has 1 atom stereocenters. The Balaban J connectivity index is 2.03. The van der Waals surface area contributed by atoms with Crippen LogP contribution < -0.4 is 11.1 Å². The summed E-state index contributed by atoms with van der Waals surface area (Å²) in [5.74, 6) is 0.1000. The normalized spacial score (nSPS) is 18.9. The lowest BCUT2D eigenvalue weighted by Gasteiger charge is -2.26. The Morgan fingerprint density at radius 2 is 2.06 bits per heavy atom. The van der Waals surface area contributed by atoms with Gasteiger partial charge in [0.1, 0.15) is 0 Å². The first-order valence-electron chi connectivity index (χ1n) is 6.97. The van der Waals surface area contributed by atoms with Crippen LogP contribution in [0.3, 0.4) is 0 Å². The Bertz CT molecular complexity index is 215. The molecule has 1 amide bonds. The number of nitrogens with zero attached hydrogens (tertiary/aromatic N) is 1. The quantitative estimate of drug-likeness (QED) is 0.702. The van der Waals surface area contributed by atoms with Crippen LogP contribution in [0.15, 0.2) is 0 Å². The van der Waals surface area contributed by atoms with Gasteiger partial charge < -0.3 is 16.0 Å². The molecule has 17 heavy (non-hydrogen) atoms. The first kappa shape index (κ1) is 14.5. The Kier molecular flexibility index (Phi) is 7.21. The maximum atomic E-state index is 11.6. The maximum absolute atomic E-state index is 11.6. The molecule has 1 rings (SSSR count). The summed E-state index contributed by atoms with van der Waals surface area (Å²) >= 11 is 0. The summed E-state index contributed by atoms with van der Waals surface area (Å²) in [4.78, 5) is 14.0. The van der Waals surface area contributed by atoms with Gasteiger partial charge in [0, 0.05) is 25.6 Å². The number of nitrogens with two attached hydrogens (primary N) is 1. The van der Waals surface area contributed by atoms with Crippen LogP contribution in [0.25, 0.3) is 0 Å². The number of carbonyl (C=O) groups excluding carboxylic acids is 1. The predicted molar refractivity (Wildman–Crippen MR) is 70.8 cm³/mol. The standard InChI is InChI=1S/C13H27N3O/c1-2-6-12(14)11-13(17)15-7-10-16-8-4-3-5-9-16/h12H,2-11,14H2,1H3,(H,15,17). The SMILES string of the molecule is CCCC(N)CC(=O)NCCN1CCCCC1. The molecule has 1 aliphatic heterocycles. The predicted octanol–water partition coefficient (Wildman–Crippen LogP) is 1.11. The van der Waals surface area contributed by atoms with E-state index in [0.29, 0.717) is 6.42 Å². The molecular weight excluding hydrogens is 214 g/mol. The Labute approximate surface area is 105 Å². The van der Waals surface area contributed by atoms with E-state index < -0.39 is 0 Å². The van der Waals surface area contributed by atoms with E-state index in [0.717, 1.165) is 25.9 Å². The zero-order valence-corrected chi connectivity index (χ0v) is 11.1. The van der Waals surface area contributed by atoms with Gasteiger partial charge in [-0.2, -0.15) is 0 Å². The summed E-state index contributed by atoms with van der Waals surface area (Å²) in [6.07, 6.45) is 6.40. The average molecular weight is 241 g/mol. The van der Waals surface area contributed by atoms with Crippen molar-refractivity contribution in [3.8, 4) is 0 Å². The van der Waals surface area contributed by atoms with Crippen LogP contribution in [0.1, 0.15) is 45.4 Å². The molecule has 0 spiro atoms. The molecule has 4 heteroatoms. The molecule has 0 aromatic heterocycles. The fourth-order valence-corrected chi connectivity index (χ4v) is 2.32. The van der Waals surface area contributed by atoms with Crippen molar-refractivity contribution in [2.24, 2.45) is 5.73 Å². The van der Waals surface area contributed by atoms with Crippen LogP contribution in [-0.4, -0.2) is 43.0 Å². The van der Waals surface area contributed by atoms with Crippen LogP contribution in [0.4, 0.5) is 0 Å². The fourth-order valence-electron chi connectivity index (χ4n) is 2.32. The molecule has 0 saturated carbocycles. The number of hydrogen-bond donors (Lipinski definition) is 2. The van der Waals surface area contributed by atoms with E-state index in [4.69, 9.17) is 5.73 Å².